The minimum atomic E-state index is -0.897. The number of nitrogens with one attached hydrogen (secondary N) is 1. The first-order chi connectivity index (χ1) is 17.9. The highest BCUT2D eigenvalue weighted by atomic mass is 35.5. The third-order valence-corrected chi connectivity index (χ3v) is 6.49. The fourth-order valence-corrected chi connectivity index (χ4v) is 4.68. The van der Waals surface area contributed by atoms with Gasteiger partial charge in [0.25, 0.3) is 11.7 Å². The van der Waals surface area contributed by atoms with E-state index >= 15 is 0 Å². The Morgan fingerprint density at radius 1 is 1.14 bits per heavy atom. The van der Waals surface area contributed by atoms with E-state index < -0.39 is 17.7 Å². The Labute approximate surface area is 219 Å². The maximum atomic E-state index is 13.4. The minimum Gasteiger partial charge on any atom is -0.507 e. The van der Waals surface area contributed by atoms with Crippen LogP contribution in [0.15, 0.2) is 60.7 Å². The number of aromatic nitrogens is 2. The molecule has 0 radical (unpaired) electrons. The number of amides is 1. The number of benzene rings is 2. The molecule has 2 heterocycles. The fourth-order valence-electron chi connectivity index (χ4n) is 4.45. The SMILES string of the molecule is CCOc1ccc(/C(O)=C2\C(=O)C(=O)N(CCC[n+]3cc[nH]c3)C2c2cc(OC)ccc2OC)cc1Cl. The van der Waals surface area contributed by atoms with Crippen molar-refractivity contribution >= 4 is 29.1 Å². The molecule has 1 aliphatic rings. The topological polar surface area (TPSA) is 105 Å². The van der Waals surface area contributed by atoms with Gasteiger partial charge in [-0.15, -0.1) is 0 Å². The van der Waals surface area contributed by atoms with Crippen LogP contribution in [0.2, 0.25) is 5.02 Å². The zero-order valence-corrected chi connectivity index (χ0v) is 21.6. The van der Waals surface area contributed by atoms with Crippen LogP contribution in [0.25, 0.3) is 5.76 Å². The molecule has 0 bridgehead atoms. The van der Waals surface area contributed by atoms with Crippen molar-refractivity contribution in [2.75, 3.05) is 27.4 Å². The lowest BCUT2D eigenvalue weighted by atomic mass is 9.94. The number of Topliss-reactive ketones (excluding diaryl/α,β-unsaturated/α-hetero) is 1. The van der Waals surface area contributed by atoms with Crippen molar-refractivity contribution in [3.8, 4) is 17.2 Å². The average Bonchev–Trinajstić information content (AvgIpc) is 3.51. The average molecular weight is 527 g/mol. The van der Waals surface area contributed by atoms with E-state index in [2.05, 4.69) is 4.98 Å². The maximum absolute atomic E-state index is 13.4. The molecule has 3 aromatic rings. The molecule has 1 aliphatic heterocycles. The number of ether oxygens (including phenoxy) is 3. The Bertz CT molecular complexity index is 1320. The van der Waals surface area contributed by atoms with Gasteiger partial charge >= 0.3 is 0 Å². The van der Waals surface area contributed by atoms with Crippen LogP contribution in [0.5, 0.6) is 17.2 Å². The van der Waals surface area contributed by atoms with Crippen LogP contribution >= 0.6 is 11.6 Å². The van der Waals surface area contributed by atoms with E-state index in [0.29, 0.717) is 47.9 Å². The molecule has 1 fully saturated rings. The third-order valence-electron chi connectivity index (χ3n) is 6.19. The Kier molecular flexibility index (Phi) is 8.03. The summed E-state index contributed by atoms with van der Waals surface area (Å²) >= 11 is 6.35. The summed E-state index contributed by atoms with van der Waals surface area (Å²) in [5.41, 5.74) is 0.765. The van der Waals surface area contributed by atoms with Crippen LogP contribution in [0.1, 0.15) is 30.5 Å². The predicted molar refractivity (Wildman–Crippen MR) is 137 cm³/mol. The number of rotatable bonds is 10. The van der Waals surface area contributed by atoms with Crippen LogP contribution in [0.4, 0.5) is 0 Å². The lowest BCUT2D eigenvalue weighted by molar-refractivity contribution is -0.695. The van der Waals surface area contributed by atoms with Gasteiger partial charge in [-0.3, -0.25) is 14.6 Å². The number of aliphatic hydroxyl groups excluding tert-OH is 1. The smallest absolute Gasteiger partial charge is 0.295 e. The first kappa shape index (κ1) is 26.1. The number of aromatic amines is 1. The van der Waals surface area contributed by atoms with Crippen LogP contribution < -0.4 is 18.8 Å². The molecule has 9 nitrogen and oxygen atoms in total. The molecular formula is C27H29ClN3O6+. The largest absolute Gasteiger partial charge is 0.507 e. The van der Waals surface area contributed by atoms with Crippen molar-refractivity contribution < 1.29 is 33.5 Å². The normalized spacial score (nSPS) is 16.8. The van der Waals surface area contributed by atoms with Crippen LogP contribution in [-0.4, -0.2) is 54.1 Å². The van der Waals surface area contributed by atoms with Gasteiger partial charge in [0.2, 0.25) is 6.33 Å². The third kappa shape index (κ3) is 5.27. The van der Waals surface area contributed by atoms with E-state index in [1.54, 1.807) is 36.5 Å². The molecule has 1 aromatic heterocycles. The fraction of sp³-hybridized carbons (Fsp3) is 0.296. The Morgan fingerprint density at radius 2 is 1.92 bits per heavy atom. The molecule has 194 valence electrons. The van der Waals surface area contributed by atoms with Gasteiger partial charge in [-0.05, 0) is 43.3 Å². The monoisotopic (exact) mass is 526 g/mol. The van der Waals surface area contributed by atoms with E-state index in [4.69, 9.17) is 25.8 Å². The van der Waals surface area contributed by atoms with Gasteiger partial charge in [-0.2, -0.15) is 0 Å². The number of methoxy groups -OCH3 is 2. The number of ketones is 1. The quantitative estimate of drug-likeness (QED) is 0.180. The van der Waals surface area contributed by atoms with E-state index in [1.165, 1.54) is 25.2 Å². The number of halogens is 1. The number of nitrogens with zero attached hydrogens (tertiary/aromatic N) is 2. The summed E-state index contributed by atoms with van der Waals surface area (Å²) < 4.78 is 18.4. The van der Waals surface area contributed by atoms with Gasteiger partial charge in [0, 0.05) is 24.1 Å². The standard InChI is InChI=1S/C27H28ClN3O6/c1-4-37-22-8-6-17(14-20(22)28)25(32)23-24(19-15-18(35-2)7-9-21(19)36-3)31(27(34)26(23)33)12-5-11-30-13-10-29-16-30/h6-10,13-16,24H,4-5,11-12H2,1-3H3,(H,32,33)/p+1. The first-order valence-electron chi connectivity index (χ1n) is 11.8. The van der Waals surface area contributed by atoms with Gasteiger partial charge < -0.3 is 24.2 Å². The molecule has 0 aliphatic carbocycles. The number of aryl methyl sites for hydroxylation is 1. The summed E-state index contributed by atoms with van der Waals surface area (Å²) in [5, 5.41) is 11.6. The molecule has 1 atom stereocenters. The molecule has 4 rings (SSSR count). The highest BCUT2D eigenvalue weighted by Crippen LogP contribution is 2.44. The zero-order chi connectivity index (χ0) is 26.5. The Balaban J connectivity index is 1.81. The van der Waals surface area contributed by atoms with Crippen molar-refractivity contribution in [1.82, 2.24) is 9.88 Å². The molecule has 0 saturated carbocycles. The number of aliphatic hydroxyl groups is 1. The molecule has 1 amide bonds. The van der Waals surface area contributed by atoms with E-state index in [0.717, 1.165) is 0 Å². The van der Waals surface area contributed by atoms with E-state index in [-0.39, 0.29) is 22.9 Å². The number of hydrogen-bond acceptors (Lipinski definition) is 6. The van der Waals surface area contributed by atoms with Crippen LogP contribution in [-0.2, 0) is 16.1 Å². The molecule has 1 unspecified atom stereocenters. The minimum absolute atomic E-state index is 0.0499. The number of carbonyl (C=O) groups is 2. The van der Waals surface area contributed by atoms with E-state index in [9.17, 15) is 14.7 Å². The Hall–Kier alpha value is -3.98. The number of carbonyl (C=O) groups excluding carboxylic acids is 2. The van der Waals surface area contributed by atoms with Crippen molar-refractivity contribution in [2.24, 2.45) is 0 Å². The highest BCUT2D eigenvalue weighted by Gasteiger charge is 2.47. The molecule has 1 saturated heterocycles. The molecule has 2 N–H and O–H groups in total. The summed E-state index contributed by atoms with van der Waals surface area (Å²) in [6.07, 6.45) is 6.07. The van der Waals surface area contributed by atoms with Crippen molar-refractivity contribution in [3.63, 3.8) is 0 Å². The number of hydrogen-bond donors (Lipinski definition) is 2. The first-order valence-corrected chi connectivity index (χ1v) is 12.2. The molecule has 37 heavy (non-hydrogen) atoms. The molecule has 0 spiro atoms. The second-order valence-electron chi connectivity index (χ2n) is 8.38. The van der Waals surface area contributed by atoms with Crippen LogP contribution in [0, 0.1) is 0 Å². The van der Waals surface area contributed by atoms with Gasteiger partial charge in [-0.1, -0.05) is 11.6 Å². The zero-order valence-electron chi connectivity index (χ0n) is 20.9. The number of likely N-dealkylation sites (tertiary alicyclic amines) is 1. The Morgan fingerprint density at radius 3 is 2.57 bits per heavy atom. The lowest BCUT2D eigenvalue weighted by Gasteiger charge is -2.26. The van der Waals surface area contributed by atoms with Crippen molar-refractivity contribution in [3.05, 3.63) is 76.8 Å². The molecular weight excluding hydrogens is 498 g/mol. The van der Waals surface area contributed by atoms with Crippen LogP contribution in [0.3, 0.4) is 0 Å². The predicted octanol–water partition coefficient (Wildman–Crippen LogP) is 3.88. The summed E-state index contributed by atoms with van der Waals surface area (Å²) in [5.74, 6) is -0.393. The maximum Gasteiger partial charge on any atom is 0.295 e. The summed E-state index contributed by atoms with van der Waals surface area (Å²) in [7, 11) is 3.03. The number of H-pyrrole nitrogens is 1. The second kappa shape index (κ2) is 11.4. The second-order valence-corrected chi connectivity index (χ2v) is 8.79. The number of imidazole rings is 1. The van der Waals surface area contributed by atoms with E-state index in [1.807, 2.05) is 24.0 Å². The highest BCUT2D eigenvalue weighted by molar-refractivity contribution is 6.46. The summed E-state index contributed by atoms with van der Waals surface area (Å²) in [4.78, 5) is 31.1. The summed E-state index contributed by atoms with van der Waals surface area (Å²) in [6, 6.07) is 8.97. The van der Waals surface area contributed by atoms with Gasteiger partial charge in [0.1, 0.15) is 35.4 Å². The van der Waals surface area contributed by atoms with Gasteiger partial charge in [-0.25, -0.2) is 4.57 Å². The van der Waals surface area contributed by atoms with Gasteiger partial charge in [0.05, 0.1) is 44.0 Å². The molecule has 2 aromatic carbocycles. The van der Waals surface area contributed by atoms with Crippen molar-refractivity contribution in [2.45, 2.75) is 25.9 Å². The van der Waals surface area contributed by atoms with Crippen molar-refractivity contribution in [1.29, 1.82) is 0 Å². The van der Waals surface area contributed by atoms with Gasteiger partial charge in [0.15, 0.2) is 0 Å². The lowest BCUT2D eigenvalue weighted by Crippen LogP contribution is -2.36. The summed E-state index contributed by atoms with van der Waals surface area (Å²) in [6.45, 7) is 3.16. The molecule has 10 heteroatoms.